The normalized spacial score (nSPS) is 23.4. The number of pyridine rings is 1. The number of Topliss-reactive ketones (excluding diaryl/α,β-unsaturated/α-hetero) is 2. The van der Waals surface area contributed by atoms with E-state index in [1.807, 2.05) is 24.3 Å². The van der Waals surface area contributed by atoms with E-state index in [9.17, 15) is 9.59 Å². The molecule has 1 N–H and O–H groups in total. The molecule has 4 rings (SSSR count). The molecule has 2 atom stereocenters. The van der Waals surface area contributed by atoms with Crippen LogP contribution in [-0.2, 0) is 0 Å². The highest BCUT2D eigenvalue weighted by Crippen LogP contribution is 2.42. The summed E-state index contributed by atoms with van der Waals surface area (Å²) in [7, 11) is 0. The van der Waals surface area contributed by atoms with Gasteiger partial charge in [-0.3, -0.25) is 14.6 Å². The topological polar surface area (TPSA) is 59.1 Å². The molecule has 0 amide bonds. The molecule has 1 aromatic carbocycles. The first kappa shape index (κ1) is 10.4. The largest absolute Gasteiger partial charge is 0.374 e. The second-order valence-electron chi connectivity index (χ2n) is 4.84. The molecule has 92 valence electrons. The minimum atomic E-state index is -0.472. The number of carbonyl (C=O) groups excluding carboxylic acids is 2. The van der Waals surface area contributed by atoms with Crippen molar-refractivity contribution in [3.05, 3.63) is 59.4 Å². The SMILES string of the molecule is O=C1c2ccncc2C(=O)C2c3ccccc3NC12. The quantitative estimate of drug-likeness (QED) is 0.777. The van der Waals surface area contributed by atoms with Crippen LogP contribution in [0.15, 0.2) is 42.7 Å². The van der Waals surface area contributed by atoms with Crippen molar-refractivity contribution < 1.29 is 9.59 Å². The first-order valence-corrected chi connectivity index (χ1v) is 6.15. The standard InChI is InChI=1S/C15H10N2O2/c18-14-10-7-16-6-5-8(10)15(19)13-12(14)9-3-1-2-4-11(9)17-13/h1-7,12-13,17H. The Morgan fingerprint density at radius 1 is 1.00 bits per heavy atom. The highest BCUT2D eigenvalue weighted by molar-refractivity contribution is 6.21. The van der Waals surface area contributed by atoms with Gasteiger partial charge in [0.15, 0.2) is 11.6 Å². The fourth-order valence-electron chi connectivity index (χ4n) is 2.98. The van der Waals surface area contributed by atoms with E-state index < -0.39 is 12.0 Å². The maximum atomic E-state index is 12.6. The number of aromatic nitrogens is 1. The molecule has 2 aliphatic rings. The number of nitrogens with one attached hydrogen (secondary N) is 1. The molecular weight excluding hydrogens is 240 g/mol. The van der Waals surface area contributed by atoms with Gasteiger partial charge in [0.1, 0.15) is 6.04 Å². The van der Waals surface area contributed by atoms with Gasteiger partial charge in [0.25, 0.3) is 0 Å². The fraction of sp³-hybridized carbons (Fsp3) is 0.133. The van der Waals surface area contributed by atoms with Crippen LogP contribution in [0.25, 0.3) is 0 Å². The van der Waals surface area contributed by atoms with Crippen LogP contribution < -0.4 is 5.32 Å². The fourth-order valence-corrected chi connectivity index (χ4v) is 2.98. The van der Waals surface area contributed by atoms with Crippen molar-refractivity contribution in [2.24, 2.45) is 0 Å². The average Bonchev–Trinajstić information content (AvgIpc) is 2.84. The molecule has 1 aliphatic carbocycles. The third-order valence-corrected chi connectivity index (χ3v) is 3.86. The van der Waals surface area contributed by atoms with Crippen molar-refractivity contribution in [2.45, 2.75) is 12.0 Å². The molecule has 1 aliphatic heterocycles. The summed E-state index contributed by atoms with van der Waals surface area (Å²) in [4.78, 5) is 29.0. The van der Waals surface area contributed by atoms with Gasteiger partial charge < -0.3 is 5.32 Å². The van der Waals surface area contributed by atoms with E-state index in [1.54, 1.807) is 12.3 Å². The molecule has 0 saturated carbocycles. The molecule has 0 saturated heterocycles. The summed E-state index contributed by atoms with van der Waals surface area (Å²) in [6.07, 6.45) is 3.04. The summed E-state index contributed by atoms with van der Waals surface area (Å²) >= 11 is 0. The lowest BCUT2D eigenvalue weighted by Crippen LogP contribution is -2.40. The van der Waals surface area contributed by atoms with E-state index in [-0.39, 0.29) is 11.6 Å². The van der Waals surface area contributed by atoms with Crippen molar-refractivity contribution in [1.82, 2.24) is 4.98 Å². The number of carbonyl (C=O) groups is 2. The lowest BCUT2D eigenvalue weighted by Gasteiger charge is -2.25. The van der Waals surface area contributed by atoms with Crippen LogP contribution in [0.2, 0.25) is 0 Å². The number of ketones is 2. The van der Waals surface area contributed by atoms with Gasteiger partial charge in [0.05, 0.1) is 5.92 Å². The molecule has 2 aromatic rings. The number of benzene rings is 1. The van der Waals surface area contributed by atoms with Gasteiger partial charge in [-0.2, -0.15) is 0 Å². The number of nitrogens with zero attached hydrogens (tertiary/aromatic N) is 1. The predicted molar refractivity (Wildman–Crippen MR) is 69.5 cm³/mol. The summed E-state index contributed by atoms with van der Waals surface area (Å²) in [6, 6.07) is 8.74. The Balaban J connectivity index is 1.95. The van der Waals surface area contributed by atoms with Crippen LogP contribution >= 0.6 is 0 Å². The molecule has 0 radical (unpaired) electrons. The third kappa shape index (κ3) is 1.25. The van der Waals surface area contributed by atoms with Crippen LogP contribution in [0, 0.1) is 0 Å². The number of hydrogen-bond donors (Lipinski definition) is 1. The second kappa shape index (κ2) is 3.51. The summed E-state index contributed by atoms with van der Waals surface area (Å²) < 4.78 is 0. The molecule has 0 spiro atoms. The molecule has 19 heavy (non-hydrogen) atoms. The van der Waals surface area contributed by atoms with Gasteiger partial charge in [-0.1, -0.05) is 18.2 Å². The maximum Gasteiger partial charge on any atom is 0.186 e. The highest BCUT2D eigenvalue weighted by Gasteiger charge is 2.46. The summed E-state index contributed by atoms with van der Waals surface area (Å²) in [5, 5.41) is 3.17. The van der Waals surface area contributed by atoms with Gasteiger partial charge in [-0.05, 0) is 17.7 Å². The number of hydrogen-bond acceptors (Lipinski definition) is 4. The Bertz CT molecular complexity index is 724. The summed E-state index contributed by atoms with van der Waals surface area (Å²) in [5.74, 6) is -0.469. The van der Waals surface area contributed by atoms with E-state index >= 15 is 0 Å². The third-order valence-electron chi connectivity index (χ3n) is 3.86. The number of rotatable bonds is 0. The first-order chi connectivity index (χ1) is 9.27. The number of para-hydroxylation sites is 1. The van der Waals surface area contributed by atoms with Crippen LogP contribution in [0.3, 0.4) is 0 Å². The Morgan fingerprint density at radius 2 is 1.84 bits per heavy atom. The van der Waals surface area contributed by atoms with Crippen molar-refractivity contribution in [1.29, 1.82) is 0 Å². The minimum absolute atomic E-state index is 0.0230. The van der Waals surface area contributed by atoms with E-state index in [4.69, 9.17) is 0 Å². The van der Waals surface area contributed by atoms with E-state index in [1.165, 1.54) is 6.20 Å². The Kier molecular flexibility index (Phi) is 1.93. The minimum Gasteiger partial charge on any atom is -0.374 e. The van der Waals surface area contributed by atoms with Gasteiger partial charge >= 0.3 is 0 Å². The van der Waals surface area contributed by atoms with E-state index in [2.05, 4.69) is 10.3 Å². The van der Waals surface area contributed by atoms with Crippen molar-refractivity contribution in [3.8, 4) is 0 Å². The van der Waals surface area contributed by atoms with Crippen molar-refractivity contribution >= 4 is 17.3 Å². The second-order valence-corrected chi connectivity index (χ2v) is 4.84. The van der Waals surface area contributed by atoms with Gasteiger partial charge in [0, 0.05) is 29.2 Å². The van der Waals surface area contributed by atoms with E-state index in [0.29, 0.717) is 11.1 Å². The molecule has 4 nitrogen and oxygen atoms in total. The molecular formula is C15H10N2O2. The number of anilines is 1. The maximum absolute atomic E-state index is 12.6. The van der Waals surface area contributed by atoms with Gasteiger partial charge in [-0.15, -0.1) is 0 Å². The zero-order valence-electron chi connectivity index (χ0n) is 9.96. The van der Waals surface area contributed by atoms with Crippen LogP contribution in [-0.4, -0.2) is 22.6 Å². The lowest BCUT2D eigenvalue weighted by molar-refractivity contribution is 0.0856. The Labute approximate surface area is 109 Å². The molecule has 0 fully saturated rings. The highest BCUT2D eigenvalue weighted by atomic mass is 16.1. The molecule has 1 aromatic heterocycles. The van der Waals surface area contributed by atoms with Crippen LogP contribution in [0.1, 0.15) is 32.2 Å². The molecule has 2 heterocycles. The zero-order chi connectivity index (χ0) is 13.0. The lowest BCUT2D eigenvalue weighted by atomic mass is 9.78. The van der Waals surface area contributed by atoms with Crippen LogP contribution in [0.4, 0.5) is 5.69 Å². The van der Waals surface area contributed by atoms with E-state index in [0.717, 1.165) is 11.3 Å². The zero-order valence-corrected chi connectivity index (χ0v) is 9.96. The van der Waals surface area contributed by atoms with Crippen LogP contribution in [0.5, 0.6) is 0 Å². The first-order valence-electron chi connectivity index (χ1n) is 6.15. The smallest absolute Gasteiger partial charge is 0.186 e. The monoisotopic (exact) mass is 250 g/mol. The van der Waals surface area contributed by atoms with Gasteiger partial charge in [-0.25, -0.2) is 0 Å². The average molecular weight is 250 g/mol. The summed E-state index contributed by atoms with van der Waals surface area (Å²) in [5.41, 5.74) is 2.69. The van der Waals surface area contributed by atoms with Crippen molar-refractivity contribution in [2.75, 3.05) is 5.32 Å². The van der Waals surface area contributed by atoms with Gasteiger partial charge in [0.2, 0.25) is 0 Å². The Morgan fingerprint density at radius 3 is 2.74 bits per heavy atom. The predicted octanol–water partition coefficient (Wildman–Crippen LogP) is 2.04. The summed E-state index contributed by atoms with van der Waals surface area (Å²) in [6.45, 7) is 0. The molecule has 0 bridgehead atoms. The molecule has 4 heteroatoms. The molecule has 2 unspecified atom stereocenters. The Hall–Kier alpha value is -2.49. The van der Waals surface area contributed by atoms with Crippen molar-refractivity contribution in [3.63, 3.8) is 0 Å². The number of fused-ring (bicyclic) bond motifs is 4.